The first-order valence-corrected chi connectivity index (χ1v) is 14.3. The van der Waals surface area contributed by atoms with E-state index in [1.165, 1.54) is 18.2 Å². The second kappa shape index (κ2) is 12.8. The lowest BCUT2D eigenvalue weighted by Gasteiger charge is -2.35. The van der Waals surface area contributed by atoms with Crippen molar-refractivity contribution in [3.63, 3.8) is 0 Å². The molecule has 0 saturated carbocycles. The molecule has 3 aromatic carbocycles. The van der Waals surface area contributed by atoms with Crippen LogP contribution < -0.4 is 10.5 Å². The molecule has 5 rings (SSSR count). The van der Waals surface area contributed by atoms with Crippen molar-refractivity contribution in [2.75, 3.05) is 32.7 Å². The molecule has 0 atom stereocenters. The van der Waals surface area contributed by atoms with Gasteiger partial charge in [-0.1, -0.05) is 41.9 Å². The van der Waals surface area contributed by atoms with Crippen molar-refractivity contribution < 1.29 is 31.1 Å². The maximum Gasteiger partial charge on any atom is 0.573 e. The zero-order valence-corrected chi connectivity index (χ0v) is 23.9. The average Bonchev–Trinajstić information content (AvgIpc) is 3.30. The monoisotopic (exact) mass is 624 g/mol. The van der Waals surface area contributed by atoms with E-state index in [-0.39, 0.29) is 10.8 Å². The van der Waals surface area contributed by atoms with Gasteiger partial charge in [-0.15, -0.1) is 13.2 Å². The normalized spacial score (nSPS) is 15.3. The topological polar surface area (TPSA) is 46.7 Å². The van der Waals surface area contributed by atoms with Gasteiger partial charge >= 0.3 is 12.5 Å². The van der Waals surface area contributed by atoms with E-state index in [0.717, 1.165) is 53.2 Å². The van der Waals surface area contributed by atoms with Gasteiger partial charge in [0.05, 0.1) is 10.6 Å². The van der Waals surface area contributed by atoms with Crippen molar-refractivity contribution in [1.82, 2.24) is 14.4 Å². The van der Waals surface area contributed by atoms with E-state index in [4.69, 9.17) is 17.3 Å². The van der Waals surface area contributed by atoms with Crippen LogP contribution in [0.25, 0.3) is 22.0 Å². The summed E-state index contributed by atoms with van der Waals surface area (Å²) in [6.07, 6.45) is -6.48. The molecule has 0 radical (unpaired) electrons. The van der Waals surface area contributed by atoms with Gasteiger partial charge in [-0.3, -0.25) is 9.80 Å². The highest BCUT2D eigenvalue weighted by atomic mass is 35.5. The van der Waals surface area contributed by atoms with Crippen LogP contribution in [0.4, 0.5) is 26.3 Å². The first-order valence-electron chi connectivity index (χ1n) is 13.9. The molecule has 1 saturated heterocycles. The Morgan fingerprint density at radius 1 is 0.837 bits per heavy atom. The molecule has 2 heterocycles. The largest absolute Gasteiger partial charge is 0.573 e. The predicted octanol–water partition coefficient (Wildman–Crippen LogP) is 7.55. The number of hydrogen-bond donors (Lipinski definition) is 1. The molecule has 0 spiro atoms. The number of aryl methyl sites for hydroxylation is 1. The number of benzene rings is 3. The molecule has 12 heteroatoms. The fraction of sp³-hybridized carbons (Fsp3) is 0.355. The van der Waals surface area contributed by atoms with Gasteiger partial charge in [0.2, 0.25) is 0 Å². The van der Waals surface area contributed by atoms with Crippen LogP contribution in [-0.4, -0.2) is 53.5 Å². The van der Waals surface area contributed by atoms with Crippen molar-refractivity contribution in [2.24, 2.45) is 5.73 Å². The molecule has 0 unspecified atom stereocenters. The van der Waals surface area contributed by atoms with Crippen molar-refractivity contribution in [3.05, 3.63) is 88.6 Å². The summed E-state index contributed by atoms with van der Waals surface area (Å²) in [6.45, 7) is 5.10. The highest BCUT2D eigenvalue weighted by molar-refractivity contribution is 6.32. The fourth-order valence-corrected chi connectivity index (χ4v) is 5.77. The average molecular weight is 625 g/mol. The Bertz CT molecular complexity index is 1540. The summed E-state index contributed by atoms with van der Waals surface area (Å²) < 4.78 is 83.8. The number of aromatic nitrogens is 1. The minimum atomic E-state index is -4.76. The van der Waals surface area contributed by atoms with Crippen LogP contribution in [-0.2, 0) is 25.8 Å². The SMILES string of the molecule is NCCCn1cc(-c2ccc(OC(F)(F)F)cc2)c2cc(CN3CCN(Cc4cccc(C(F)(F)F)c4Cl)CC3)ccc21. The summed E-state index contributed by atoms with van der Waals surface area (Å²) in [6, 6.07) is 16.1. The van der Waals surface area contributed by atoms with E-state index in [1.54, 1.807) is 18.2 Å². The zero-order valence-electron chi connectivity index (χ0n) is 23.2. The fourth-order valence-electron chi connectivity index (χ4n) is 5.48. The Morgan fingerprint density at radius 2 is 1.51 bits per heavy atom. The third-order valence-corrected chi connectivity index (χ3v) is 8.04. The second-order valence-corrected chi connectivity index (χ2v) is 11.0. The zero-order chi connectivity index (χ0) is 30.8. The van der Waals surface area contributed by atoms with Crippen molar-refractivity contribution in [3.8, 4) is 16.9 Å². The van der Waals surface area contributed by atoms with Gasteiger partial charge in [-0.25, -0.2) is 0 Å². The predicted molar refractivity (Wildman–Crippen MR) is 155 cm³/mol. The summed E-state index contributed by atoms with van der Waals surface area (Å²) in [4.78, 5) is 4.39. The van der Waals surface area contributed by atoms with E-state index >= 15 is 0 Å². The maximum atomic E-state index is 13.3. The Hall–Kier alpha value is -3.25. The Balaban J connectivity index is 1.29. The quantitative estimate of drug-likeness (QED) is 0.195. The first-order chi connectivity index (χ1) is 20.4. The number of alkyl halides is 6. The number of piperazine rings is 1. The summed E-state index contributed by atoms with van der Waals surface area (Å²) in [5.41, 5.74) is 9.13. The molecule has 1 fully saturated rings. The molecule has 1 aliphatic heterocycles. The van der Waals surface area contributed by atoms with Crippen molar-refractivity contribution in [2.45, 2.75) is 38.6 Å². The molecule has 5 nitrogen and oxygen atoms in total. The van der Waals surface area contributed by atoms with E-state index in [2.05, 4.69) is 37.3 Å². The second-order valence-electron chi connectivity index (χ2n) is 10.6. The standard InChI is InChI=1S/C31H31ClF6N4O/c32-29-23(3-1-4-27(29)30(33,34)35)19-41-15-13-40(14-16-41)18-21-5-10-28-25(17-21)26(20-42(28)12-2-11-39)22-6-8-24(9-7-22)43-31(36,37)38/h1,3-10,17,20H,2,11-16,18-19,39H2. The number of nitrogens with zero attached hydrogens (tertiary/aromatic N) is 3. The summed E-state index contributed by atoms with van der Waals surface area (Å²) in [5, 5.41) is 0.735. The van der Waals surface area contributed by atoms with Crippen molar-refractivity contribution in [1.29, 1.82) is 0 Å². The summed E-state index contributed by atoms with van der Waals surface area (Å²) >= 11 is 6.10. The van der Waals surface area contributed by atoms with Gasteiger partial charge in [-0.05, 0) is 60.0 Å². The smallest absolute Gasteiger partial charge is 0.406 e. The number of fused-ring (bicyclic) bond motifs is 1. The Morgan fingerprint density at radius 3 is 2.14 bits per heavy atom. The van der Waals surface area contributed by atoms with Gasteiger partial charge in [0.25, 0.3) is 0 Å². The van der Waals surface area contributed by atoms with Gasteiger partial charge in [0, 0.05) is 68.5 Å². The van der Waals surface area contributed by atoms with Crippen LogP contribution in [0, 0.1) is 0 Å². The highest BCUT2D eigenvalue weighted by Gasteiger charge is 2.34. The van der Waals surface area contributed by atoms with Gasteiger partial charge in [-0.2, -0.15) is 13.2 Å². The summed E-state index contributed by atoms with van der Waals surface area (Å²) in [7, 11) is 0. The lowest BCUT2D eigenvalue weighted by Crippen LogP contribution is -2.45. The molecule has 2 N–H and O–H groups in total. The molecular formula is C31H31ClF6N4O. The molecule has 0 amide bonds. The van der Waals surface area contributed by atoms with Crippen LogP contribution in [0.15, 0.2) is 66.9 Å². The number of ether oxygens (including phenoxy) is 1. The van der Waals surface area contributed by atoms with Crippen molar-refractivity contribution >= 4 is 22.5 Å². The van der Waals surface area contributed by atoms with Crippen LogP contribution in [0.5, 0.6) is 5.75 Å². The van der Waals surface area contributed by atoms with Gasteiger partial charge < -0.3 is 15.0 Å². The minimum absolute atomic E-state index is 0.248. The molecule has 230 valence electrons. The molecule has 1 aromatic heterocycles. The Kier molecular flexibility index (Phi) is 9.26. The van der Waals surface area contributed by atoms with Crippen LogP contribution in [0.3, 0.4) is 0 Å². The minimum Gasteiger partial charge on any atom is -0.406 e. The molecule has 1 aliphatic rings. The number of hydrogen-bond acceptors (Lipinski definition) is 4. The van der Waals surface area contributed by atoms with Crippen LogP contribution in [0.2, 0.25) is 5.02 Å². The summed E-state index contributed by atoms with van der Waals surface area (Å²) in [5.74, 6) is -0.279. The van der Waals surface area contributed by atoms with E-state index in [1.807, 2.05) is 6.20 Å². The molecule has 4 aromatic rings. The third-order valence-electron chi connectivity index (χ3n) is 7.60. The third kappa shape index (κ3) is 7.64. The highest BCUT2D eigenvalue weighted by Crippen LogP contribution is 2.37. The molecular weight excluding hydrogens is 594 g/mol. The lowest BCUT2D eigenvalue weighted by molar-refractivity contribution is -0.274. The lowest BCUT2D eigenvalue weighted by atomic mass is 10.0. The maximum absolute atomic E-state index is 13.3. The number of rotatable bonds is 9. The number of nitrogens with two attached hydrogens (primary N) is 1. The van der Waals surface area contributed by atoms with Crippen LogP contribution >= 0.6 is 11.6 Å². The molecule has 0 aliphatic carbocycles. The van der Waals surface area contributed by atoms with E-state index in [0.29, 0.717) is 44.8 Å². The van der Waals surface area contributed by atoms with Crippen LogP contribution in [0.1, 0.15) is 23.1 Å². The molecule has 0 bridgehead atoms. The van der Waals surface area contributed by atoms with Gasteiger partial charge in [0.1, 0.15) is 5.75 Å². The first kappa shape index (κ1) is 31.2. The number of halogens is 7. The molecule has 43 heavy (non-hydrogen) atoms. The van der Waals surface area contributed by atoms with Gasteiger partial charge in [0.15, 0.2) is 0 Å². The van der Waals surface area contributed by atoms with E-state index in [9.17, 15) is 26.3 Å². The van der Waals surface area contributed by atoms with E-state index < -0.39 is 18.1 Å². The Labute approximate surface area is 250 Å².